The smallest absolute Gasteiger partial charge is 0.357 e. The third kappa shape index (κ3) is 3.48. The number of aromatic nitrogens is 3. The number of hydrogen-bond acceptors (Lipinski definition) is 6. The highest BCUT2D eigenvalue weighted by Gasteiger charge is 2.32. The number of aryl methyl sites for hydroxylation is 1. The van der Waals surface area contributed by atoms with Crippen molar-refractivity contribution in [1.82, 2.24) is 19.8 Å². The molecule has 0 aromatic carbocycles. The summed E-state index contributed by atoms with van der Waals surface area (Å²) in [6.07, 6.45) is -1.51. The van der Waals surface area contributed by atoms with E-state index in [1.54, 1.807) is 6.92 Å². The Balaban J connectivity index is 1.79. The molecule has 1 amide bonds. The van der Waals surface area contributed by atoms with E-state index in [0.29, 0.717) is 17.2 Å². The maximum absolute atomic E-state index is 12.6. The minimum atomic E-state index is -4.62. The number of hydroxylamine groups is 1. The standard InChI is InChI=1S/C14H8ClF3N4O3S/c1-6-5-22-12(24)8(4-20-13(22)26-6)10(23)21-25-11-9(15)2-7(3-19-11)14(16,17)18/h2-5H,1H3,(H,21,23). The van der Waals surface area contributed by atoms with E-state index < -0.39 is 34.1 Å². The lowest BCUT2D eigenvalue weighted by Gasteiger charge is -2.10. The molecular formula is C14H8ClF3N4O3S. The zero-order valence-electron chi connectivity index (χ0n) is 12.8. The van der Waals surface area contributed by atoms with Crippen LogP contribution in [0.1, 0.15) is 20.8 Å². The van der Waals surface area contributed by atoms with Gasteiger partial charge in [0.15, 0.2) is 4.96 Å². The van der Waals surface area contributed by atoms with E-state index in [1.807, 2.05) is 5.48 Å². The summed E-state index contributed by atoms with van der Waals surface area (Å²) >= 11 is 6.93. The molecule has 0 aliphatic rings. The Kier molecular flexibility index (Phi) is 4.59. The first-order chi connectivity index (χ1) is 12.2. The number of carbonyl (C=O) groups is 1. The van der Waals surface area contributed by atoms with E-state index in [4.69, 9.17) is 16.4 Å². The van der Waals surface area contributed by atoms with E-state index in [2.05, 4.69) is 9.97 Å². The summed E-state index contributed by atoms with van der Waals surface area (Å²) in [5.41, 5.74) is -0.0931. The number of halogens is 4. The van der Waals surface area contributed by atoms with E-state index in [-0.39, 0.29) is 5.56 Å². The van der Waals surface area contributed by atoms with Crippen molar-refractivity contribution >= 4 is 33.8 Å². The quantitative estimate of drug-likeness (QED) is 0.678. The molecule has 0 radical (unpaired) electrons. The van der Waals surface area contributed by atoms with Crippen LogP contribution in [-0.2, 0) is 6.18 Å². The summed E-state index contributed by atoms with van der Waals surface area (Å²) in [6, 6.07) is 0.604. The van der Waals surface area contributed by atoms with Crippen molar-refractivity contribution in [3.63, 3.8) is 0 Å². The lowest BCUT2D eigenvalue weighted by Crippen LogP contribution is -2.33. The van der Waals surface area contributed by atoms with Crippen LogP contribution >= 0.6 is 22.9 Å². The zero-order valence-corrected chi connectivity index (χ0v) is 14.4. The monoisotopic (exact) mass is 404 g/mol. The highest BCUT2D eigenvalue weighted by atomic mass is 35.5. The normalized spacial score (nSPS) is 11.6. The first-order valence-corrected chi connectivity index (χ1v) is 8.04. The maximum Gasteiger partial charge on any atom is 0.417 e. The topological polar surface area (TPSA) is 85.6 Å². The third-order valence-corrected chi connectivity index (χ3v) is 4.33. The number of carbonyl (C=O) groups excluding carboxylic acids is 1. The average molecular weight is 405 g/mol. The molecule has 3 aromatic rings. The van der Waals surface area contributed by atoms with Crippen molar-refractivity contribution in [3.05, 3.63) is 56.0 Å². The van der Waals surface area contributed by atoms with E-state index >= 15 is 0 Å². The minimum absolute atomic E-state index is 0.316. The molecule has 0 unspecified atom stereocenters. The van der Waals surface area contributed by atoms with Crippen LogP contribution in [0.4, 0.5) is 13.2 Å². The van der Waals surface area contributed by atoms with Crippen molar-refractivity contribution in [2.75, 3.05) is 0 Å². The molecule has 0 saturated carbocycles. The second-order valence-electron chi connectivity index (χ2n) is 5.01. The van der Waals surface area contributed by atoms with Crippen molar-refractivity contribution in [1.29, 1.82) is 0 Å². The number of nitrogens with zero attached hydrogens (tertiary/aromatic N) is 3. The fourth-order valence-electron chi connectivity index (χ4n) is 1.96. The number of fused-ring (bicyclic) bond motifs is 1. The van der Waals surface area contributed by atoms with Gasteiger partial charge in [0.2, 0.25) is 0 Å². The molecule has 12 heteroatoms. The lowest BCUT2D eigenvalue weighted by atomic mass is 10.3. The Morgan fingerprint density at radius 3 is 2.73 bits per heavy atom. The van der Waals surface area contributed by atoms with Gasteiger partial charge in [0.1, 0.15) is 10.6 Å². The van der Waals surface area contributed by atoms with Gasteiger partial charge in [-0.05, 0) is 13.0 Å². The van der Waals surface area contributed by atoms with Gasteiger partial charge in [-0.25, -0.2) is 9.97 Å². The molecule has 0 spiro atoms. The maximum atomic E-state index is 12.6. The Morgan fingerprint density at radius 1 is 1.35 bits per heavy atom. The minimum Gasteiger partial charge on any atom is -0.357 e. The Bertz CT molecular complexity index is 1060. The SMILES string of the molecule is Cc1cn2c(=O)c(C(=O)NOc3ncc(C(F)(F)F)cc3Cl)cnc2s1. The number of pyridine rings is 1. The fourth-order valence-corrected chi connectivity index (χ4v) is 2.95. The molecule has 0 bridgehead atoms. The Hall–Kier alpha value is -2.66. The van der Waals surface area contributed by atoms with E-state index in [9.17, 15) is 22.8 Å². The molecule has 3 rings (SSSR count). The van der Waals surface area contributed by atoms with Crippen molar-refractivity contribution in [2.24, 2.45) is 0 Å². The summed E-state index contributed by atoms with van der Waals surface area (Å²) < 4.78 is 38.9. The largest absolute Gasteiger partial charge is 0.417 e. The van der Waals surface area contributed by atoms with Gasteiger partial charge in [0.05, 0.1) is 5.56 Å². The summed E-state index contributed by atoms with van der Waals surface area (Å²) in [7, 11) is 0. The van der Waals surface area contributed by atoms with E-state index in [1.165, 1.54) is 21.9 Å². The fraction of sp³-hybridized carbons (Fsp3) is 0.143. The van der Waals surface area contributed by atoms with Crippen LogP contribution < -0.4 is 15.9 Å². The second kappa shape index (κ2) is 6.57. The first kappa shape index (κ1) is 18.1. The molecule has 0 aliphatic heterocycles. The highest BCUT2D eigenvalue weighted by Crippen LogP contribution is 2.32. The van der Waals surface area contributed by atoms with Gasteiger partial charge in [-0.2, -0.15) is 18.7 Å². The molecule has 0 atom stereocenters. The predicted octanol–water partition coefficient (Wildman–Crippen LogP) is 2.86. The Labute approximate surface area is 152 Å². The van der Waals surface area contributed by atoms with Crippen LogP contribution in [0.3, 0.4) is 0 Å². The molecule has 3 heterocycles. The molecule has 0 aliphatic carbocycles. The highest BCUT2D eigenvalue weighted by molar-refractivity contribution is 7.16. The second-order valence-corrected chi connectivity index (χ2v) is 6.63. The molecule has 0 saturated heterocycles. The third-order valence-electron chi connectivity index (χ3n) is 3.14. The van der Waals surface area contributed by atoms with Gasteiger partial charge >= 0.3 is 6.18 Å². The van der Waals surface area contributed by atoms with Gasteiger partial charge in [-0.3, -0.25) is 14.0 Å². The van der Waals surface area contributed by atoms with Gasteiger partial charge in [-0.1, -0.05) is 11.6 Å². The van der Waals surface area contributed by atoms with Crippen molar-refractivity contribution < 1.29 is 22.8 Å². The lowest BCUT2D eigenvalue weighted by molar-refractivity contribution is -0.137. The van der Waals surface area contributed by atoms with Gasteiger partial charge < -0.3 is 4.84 Å². The van der Waals surface area contributed by atoms with Crippen LogP contribution in [-0.4, -0.2) is 20.3 Å². The van der Waals surface area contributed by atoms with Crippen LogP contribution in [0.25, 0.3) is 4.96 Å². The Morgan fingerprint density at radius 2 is 2.08 bits per heavy atom. The number of nitrogens with one attached hydrogen (secondary N) is 1. The molecule has 7 nitrogen and oxygen atoms in total. The summed E-state index contributed by atoms with van der Waals surface area (Å²) in [6.45, 7) is 1.78. The average Bonchev–Trinajstić information content (AvgIpc) is 2.94. The van der Waals surface area contributed by atoms with Crippen molar-refractivity contribution in [2.45, 2.75) is 13.1 Å². The number of hydrogen-bond donors (Lipinski definition) is 1. The van der Waals surface area contributed by atoms with Gasteiger partial charge in [0.25, 0.3) is 17.3 Å². The van der Waals surface area contributed by atoms with Crippen molar-refractivity contribution in [3.8, 4) is 5.88 Å². The number of alkyl halides is 3. The number of rotatable bonds is 3. The molecule has 3 aromatic heterocycles. The number of amides is 1. The molecular weight excluding hydrogens is 397 g/mol. The predicted molar refractivity (Wildman–Crippen MR) is 86.4 cm³/mol. The van der Waals surface area contributed by atoms with Gasteiger partial charge in [0, 0.05) is 23.5 Å². The molecule has 1 N–H and O–H groups in total. The summed E-state index contributed by atoms with van der Waals surface area (Å²) in [5, 5.41) is -0.459. The van der Waals surface area contributed by atoms with Crippen LogP contribution in [0.2, 0.25) is 5.02 Å². The van der Waals surface area contributed by atoms with Crippen LogP contribution in [0, 0.1) is 6.92 Å². The van der Waals surface area contributed by atoms with Crippen LogP contribution in [0.15, 0.2) is 29.5 Å². The zero-order chi connectivity index (χ0) is 19.1. The molecule has 136 valence electrons. The van der Waals surface area contributed by atoms with Crippen LogP contribution in [0.5, 0.6) is 5.88 Å². The molecule has 0 fully saturated rings. The summed E-state index contributed by atoms with van der Waals surface area (Å²) in [5.74, 6) is -1.40. The number of thiazole rings is 1. The summed E-state index contributed by atoms with van der Waals surface area (Å²) in [4.78, 5) is 37.8. The molecule has 26 heavy (non-hydrogen) atoms. The first-order valence-electron chi connectivity index (χ1n) is 6.84. The van der Waals surface area contributed by atoms with Gasteiger partial charge in [-0.15, -0.1) is 11.3 Å². The van der Waals surface area contributed by atoms with E-state index in [0.717, 1.165) is 11.1 Å².